The topological polar surface area (TPSA) is 60.2 Å². The number of benzene rings is 2. The van der Waals surface area contributed by atoms with Gasteiger partial charge in [0.2, 0.25) is 0 Å². The van der Waals surface area contributed by atoms with Gasteiger partial charge in [-0.2, -0.15) is 0 Å². The molecule has 1 aliphatic heterocycles. The fraction of sp³-hybridized carbons (Fsp3) is 0.217. The molecule has 1 aliphatic rings. The third kappa shape index (κ3) is 4.64. The van der Waals surface area contributed by atoms with E-state index in [0.29, 0.717) is 11.1 Å². The molecule has 154 valence electrons. The van der Waals surface area contributed by atoms with Crippen molar-refractivity contribution in [3.63, 3.8) is 0 Å². The largest absolute Gasteiger partial charge is 0.872 e. The van der Waals surface area contributed by atoms with Crippen LogP contribution in [0, 0.1) is 6.92 Å². The Balaban J connectivity index is 1.38. The van der Waals surface area contributed by atoms with Crippen LogP contribution < -0.4 is 10.0 Å². The van der Waals surface area contributed by atoms with Crippen molar-refractivity contribution < 1.29 is 14.8 Å². The van der Waals surface area contributed by atoms with Gasteiger partial charge in [0.05, 0.1) is 36.7 Å². The Hall–Kier alpha value is -2.48. The number of thiophene rings is 1. The number of rotatable bonds is 4. The van der Waals surface area contributed by atoms with Gasteiger partial charge in [-0.3, -0.25) is 14.7 Å². The Kier molecular flexibility index (Phi) is 6.32. The lowest BCUT2D eigenvalue weighted by Crippen LogP contribution is -3.10. The van der Waals surface area contributed by atoms with Crippen molar-refractivity contribution in [2.45, 2.75) is 6.92 Å². The predicted molar refractivity (Wildman–Crippen MR) is 123 cm³/mol. The number of nitrogens with zero attached hydrogens (tertiary/aromatic N) is 2. The van der Waals surface area contributed by atoms with Gasteiger partial charge in [0.15, 0.2) is 0 Å². The number of piperazine rings is 1. The maximum absolute atomic E-state index is 12.5. The lowest BCUT2D eigenvalue weighted by atomic mass is 10.1. The zero-order valence-corrected chi connectivity index (χ0v) is 19.0. The molecule has 1 aromatic heterocycles. The van der Waals surface area contributed by atoms with E-state index in [0.717, 1.165) is 41.2 Å². The molecule has 1 N–H and O–H groups in total. The summed E-state index contributed by atoms with van der Waals surface area (Å²) >= 11 is 4.92. The zero-order valence-electron chi connectivity index (χ0n) is 16.6. The molecule has 0 atom stereocenters. The summed E-state index contributed by atoms with van der Waals surface area (Å²) in [7, 11) is 0. The molecule has 5 nitrogen and oxygen atoms in total. The number of hydrogen-bond acceptors (Lipinski definition) is 4. The van der Waals surface area contributed by atoms with Crippen LogP contribution in [-0.4, -0.2) is 43.2 Å². The first-order chi connectivity index (χ1) is 14.5. The van der Waals surface area contributed by atoms with Gasteiger partial charge in [-0.05, 0) is 48.2 Å². The minimum Gasteiger partial charge on any atom is -0.872 e. The molecule has 0 bridgehead atoms. The van der Waals surface area contributed by atoms with E-state index in [4.69, 9.17) is 0 Å². The van der Waals surface area contributed by atoms with E-state index in [1.165, 1.54) is 21.9 Å². The number of hydrogen-bond donors (Lipinski definition) is 1. The number of aryl methyl sites for hydroxylation is 1. The second kappa shape index (κ2) is 9.12. The SMILES string of the molecule is Cc1cc(Br)cc(C=Nc2ccc([NH+]3CCN(C(=O)c4cccs4)CC3)cc2)c1[O-]. The average molecular weight is 484 g/mol. The Bertz CT molecular complexity index is 1060. The van der Waals surface area contributed by atoms with Crippen LogP contribution in [0.5, 0.6) is 5.75 Å². The van der Waals surface area contributed by atoms with Crippen molar-refractivity contribution in [3.05, 3.63) is 74.4 Å². The normalized spacial score (nSPS) is 15.1. The standard InChI is InChI=1S/C23H22BrN3O2S/c1-16-13-18(24)14-17(22(16)28)15-25-19-4-6-20(7-5-19)26-8-10-27(11-9-26)23(29)21-3-2-12-30-21/h2-7,12-15,28H,8-11H2,1H3. The van der Waals surface area contributed by atoms with Gasteiger partial charge in [-0.25, -0.2) is 0 Å². The van der Waals surface area contributed by atoms with Crippen molar-refractivity contribution in [2.75, 3.05) is 26.2 Å². The number of carbonyl (C=O) groups excluding carboxylic acids is 1. The van der Waals surface area contributed by atoms with Crippen molar-refractivity contribution in [2.24, 2.45) is 4.99 Å². The Morgan fingerprint density at radius 2 is 1.93 bits per heavy atom. The number of halogens is 1. The predicted octanol–water partition coefficient (Wildman–Crippen LogP) is 3.32. The maximum atomic E-state index is 12.5. The summed E-state index contributed by atoms with van der Waals surface area (Å²) in [6.45, 7) is 5.07. The number of quaternary nitrogens is 1. The van der Waals surface area contributed by atoms with Crippen LogP contribution in [0.1, 0.15) is 20.8 Å². The van der Waals surface area contributed by atoms with Crippen molar-refractivity contribution in [3.8, 4) is 5.75 Å². The molecule has 0 unspecified atom stereocenters. The molecule has 7 heteroatoms. The zero-order chi connectivity index (χ0) is 21.1. The van der Waals surface area contributed by atoms with E-state index in [1.54, 1.807) is 19.2 Å². The lowest BCUT2D eigenvalue weighted by molar-refractivity contribution is -0.837. The van der Waals surface area contributed by atoms with Gasteiger partial charge in [-0.15, -0.1) is 11.3 Å². The van der Waals surface area contributed by atoms with Crippen LogP contribution in [-0.2, 0) is 0 Å². The summed E-state index contributed by atoms with van der Waals surface area (Å²) in [5.41, 5.74) is 3.27. The Morgan fingerprint density at radius 1 is 1.20 bits per heavy atom. The fourth-order valence-corrected chi connectivity index (χ4v) is 4.88. The van der Waals surface area contributed by atoms with E-state index in [1.807, 2.05) is 40.6 Å². The molecular weight excluding hydrogens is 462 g/mol. The van der Waals surface area contributed by atoms with E-state index in [9.17, 15) is 9.90 Å². The maximum Gasteiger partial charge on any atom is 0.264 e. The molecule has 0 spiro atoms. The number of carbonyl (C=O) groups is 1. The Labute approximate surface area is 188 Å². The molecular formula is C23H22BrN3O2S. The van der Waals surface area contributed by atoms with E-state index < -0.39 is 0 Å². The van der Waals surface area contributed by atoms with Crippen LogP contribution in [0.3, 0.4) is 0 Å². The smallest absolute Gasteiger partial charge is 0.264 e. The highest BCUT2D eigenvalue weighted by atomic mass is 79.9. The van der Waals surface area contributed by atoms with Crippen LogP contribution in [0.2, 0.25) is 0 Å². The summed E-state index contributed by atoms with van der Waals surface area (Å²) in [5, 5.41) is 14.1. The molecule has 1 saturated heterocycles. The molecule has 1 amide bonds. The molecule has 0 saturated carbocycles. The third-order valence-corrected chi connectivity index (χ3v) is 6.60. The molecule has 0 radical (unpaired) electrons. The number of nitrogens with one attached hydrogen (secondary N) is 1. The first-order valence-electron chi connectivity index (χ1n) is 9.80. The van der Waals surface area contributed by atoms with Gasteiger partial charge in [0, 0.05) is 22.8 Å². The molecule has 2 heterocycles. The van der Waals surface area contributed by atoms with Gasteiger partial charge in [0.1, 0.15) is 5.69 Å². The highest BCUT2D eigenvalue weighted by molar-refractivity contribution is 9.10. The van der Waals surface area contributed by atoms with Crippen molar-refractivity contribution in [1.29, 1.82) is 0 Å². The summed E-state index contributed by atoms with van der Waals surface area (Å²) in [6, 6.07) is 15.5. The molecule has 3 aromatic rings. The van der Waals surface area contributed by atoms with Crippen LogP contribution >= 0.6 is 27.3 Å². The first kappa shape index (κ1) is 20.8. The molecule has 30 heavy (non-hydrogen) atoms. The molecule has 1 fully saturated rings. The highest BCUT2D eigenvalue weighted by Gasteiger charge is 2.26. The lowest BCUT2D eigenvalue weighted by Gasteiger charge is -2.31. The monoisotopic (exact) mass is 483 g/mol. The fourth-order valence-electron chi connectivity index (χ4n) is 3.60. The van der Waals surface area contributed by atoms with Crippen LogP contribution in [0.25, 0.3) is 0 Å². The quantitative estimate of drug-likeness (QED) is 0.578. The van der Waals surface area contributed by atoms with Crippen LogP contribution in [0.4, 0.5) is 11.4 Å². The van der Waals surface area contributed by atoms with Gasteiger partial charge >= 0.3 is 0 Å². The summed E-state index contributed by atoms with van der Waals surface area (Å²) in [5.74, 6) is 0.132. The Morgan fingerprint density at radius 3 is 2.60 bits per heavy atom. The van der Waals surface area contributed by atoms with Gasteiger partial charge in [-0.1, -0.05) is 33.3 Å². The van der Waals surface area contributed by atoms with Crippen LogP contribution in [0.15, 0.2) is 63.4 Å². The van der Waals surface area contributed by atoms with E-state index >= 15 is 0 Å². The molecule has 0 aliphatic carbocycles. The average Bonchev–Trinajstić information content (AvgIpc) is 3.30. The third-order valence-electron chi connectivity index (χ3n) is 5.28. The minimum atomic E-state index is -0.00187. The second-order valence-electron chi connectivity index (χ2n) is 7.32. The number of aliphatic imine (C=N–C) groups is 1. The minimum absolute atomic E-state index is 0.00187. The first-order valence-corrected chi connectivity index (χ1v) is 11.5. The van der Waals surface area contributed by atoms with Gasteiger partial charge in [0.25, 0.3) is 5.91 Å². The number of amides is 1. The molecule has 4 rings (SSSR count). The van der Waals surface area contributed by atoms with E-state index in [-0.39, 0.29) is 11.7 Å². The second-order valence-corrected chi connectivity index (χ2v) is 9.18. The van der Waals surface area contributed by atoms with Crippen molar-refractivity contribution >= 4 is 50.8 Å². The van der Waals surface area contributed by atoms with E-state index in [2.05, 4.69) is 33.1 Å². The molecule has 2 aromatic carbocycles. The summed E-state index contributed by atoms with van der Waals surface area (Å²) < 4.78 is 0.872. The van der Waals surface area contributed by atoms with Gasteiger partial charge < -0.3 is 10.0 Å². The summed E-state index contributed by atoms with van der Waals surface area (Å²) in [4.78, 5) is 21.1. The van der Waals surface area contributed by atoms with Crippen molar-refractivity contribution in [1.82, 2.24) is 4.90 Å². The highest BCUT2D eigenvalue weighted by Crippen LogP contribution is 2.24. The summed E-state index contributed by atoms with van der Waals surface area (Å²) in [6.07, 6.45) is 1.62.